The summed E-state index contributed by atoms with van der Waals surface area (Å²) in [5, 5.41) is 10.0. The topological polar surface area (TPSA) is 122 Å². The number of hydrogen-bond donors (Lipinski definition) is 2. The second-order valence-electron chi connectivity index (χ2n) is 10.4. The normalized spacial score (nSPS) is 15.6. The predicted octanol–water partition coefficient (Wildman–Crippen LogP) is 5.46. The Morgan fingerprint density at radius 2 is 1.93 bits per heavy atom. The zero-order valence-electron chi connectivity index (χ0n) is 22.8. The molecule has 0 unspecified atom stereocenters. The monoisotopic (exact) mass is 597 g/mol. The van der Waals surface area contributed by atoms with Crippen LogP contribution in [0.1, 0.15) is 27.9 Å². The van der Waals surface area contributed by atoms with Gasteiger partial charge in [-0.3, -0.25) is 4.98 Å². The summed E-state index contributed by atoms with van der Waals surface area (Å²) in [5.41, 5.74) is 5.58. The number of hydrogen-bond acceptors (Lipinski definition) is 6. The van der Waals surface area contributed by atoms with Crippen molar-refractivity contribution in [1.82, 2.24) is 24.2 Å². The summed E-state index contributed by atoms with van der Waals surface area (Å²) in [5.74, 6) is 0. The first kappa shape index (κ1) is 27.7. The lowest BCUT2D eigenvalue weighted by atomic mass is 10.1. The molecule has 2 N–H and O–H groups in total. The molecule has 0 radical (unpaired) electrons. The molecule has 0 spiro atoms. The van der Waals surface area contributed by atoms with E-state index in [0.29, 0.717) is 41.5 Å². The predicted molar refractivity (Wildman–Crippen MR) is 161 cm³/mol. The van der Waals surface area contributed by atoms with Gasteiger partial charge in [0.1, 0.15) is 10.6 Å². The van der Waals surface area contributed by atoms with Crippen molar-refractivity contribution in [3.05, 3.63) is 119 Å². The van der Waals surface area contributed by atoms with Crippen molar-refractivity contribution in [2.45, 2.75) is 37.4 Å². The van der Waals surface area contributed by atoms with E-state index in [-0.39, 0.29) is 11.4 Å². The highest BCUT2D eigenvalue weighted by atomic mass is 35.5. The van der Waals surface area contributed by atoms with E-state index in [1.165, 1.54) is 0 Å². The molecular formula is C31H28ClN7O2S. The van der Waals surface area contributed by atoms with Crippen LogP contribution in [-0.2, 0) is 29.5 Å². The quantitative estimate of drug-likeness (QED) is 0.257. The van der Waals surface area contributed by atoms with Crippen LogP contribution in [0.3, 0.4) is 0 Å². The Hall–Kier alpha value is -4.43. The van der Waals surface area contributed by atoms with E-state index < -0.39 is 16.1 Å². The van der Waals surface area contributed by atoms with Gasteiger partial charge < -0.3 is 14.9 Å². The number of nitrogens with zero attached hydrogens (tertiary/aromatic N) is 5. The molecule has 0 bridgehead atoms. The largest absolute Gasteiger partial charge is 0.364 e. The Morgan fingerprint density at radius 1 is 1.10 bits per heavy atom. The van der Waals surface area contributed by atoms with Gasteiger partial charge in [0.15, 0.2) is 0 Å². The van der Waals surface area contributed by atoms with Crippen LogP contribution in [0.15, 0.2) is 90.5 Å². The van der Waals surface area contributed by atoms with Crippen molar-refractivity contribution in [2.24, 2.45) is 0 Å². The first-order valence-electron chi connectivity index (χ1n) is 13.4. The maximum absolute atomic E-state index is 14.7. The number of benzene rings is 2. The number of aromatic amines is 2. The third-order valence-electron chi connectivity index (χ3n) is 7.45. The lowest BCUT2D eigenvalue weighted by Crippen LogP contribution is -2.45. The number of aromatic nitrogens is 4. The van der Waals surface area contributed by atoms with Crippen LogP contribution in [0.25, 0.3) is 11.4 Å². The van der Waals surface area contributed by atoms with Crippen LogP contribution in [-0.4, -0.2) is 45.2 Å². The Labute approximate surface area is 249 Å². The molecule has 1 aliphatic heterocycles. The number of imidazole rings is 1. The van der Waals surface area contributed by atoms with Gasteiger partial charge in [-0.25, -0.2) is 13.4 Å². The van der Waals surface area contributed by atoms with E-state index in [2.05, 4.69) is 30.9 Å². The molecule has 2 aromatic carbocycles. The summed E-state index contributed by atoms with van der Waals surface area (Å²) in [6.07, 6.45) is 7.13. The van der Waals surface area contributed by atoms with Crippen molar-refractivity contribution < 1.29 is 8.42 Å². The highest BCUT2D eigenvalue weighted by molar-refractivity contribution is 7.89. The van der Waals surface area contributed by atoms with E-state index in [9.17, 15) is 13.7 Å². The number of aryl methyl sites for hydroxylation is 1. The molecule has 42 heavy (non-hydrogen) atoms. The number of rotatable bonds is 7. The average molecular weight is 598 g/mol. The van der Waals surface area contributed by atoms with Crippen molar-refractivity contribution in [2.75, 3.05) is 11.4 Å². The first-order chi connectivity index (χ1) is 20.3. The first-order valence-corrected chi connectivity index (χ1v) is 15.3. The van der Waals surface area contributed by atoms with Crippen molar-refractivity contribution in [3.8, 4) is 17.5 Å². The fourth-order valence-electron chi connectivity index (χ4n) is 5.49. The van der Waals surface area contributed by atoms with E-state index in [4.69, 9.17) is 11.6 Å². The van der Waals surface area contributed by atoms with Crippen LogP contribution in [0.2, 0.25) is 5.02 Å². The molecule has 5 aromatic rings. The lowest BCUT2D eigenvalue weighted by Gasteiger charge is -2.32. The van der Waals surface area contributed by atoms with Crippen molar-refractivity contribution >= 4 is 27.3 Å². The standard InChI is InChI=1S/C31H28ClN7O2S/c1-21-11-27(32)30(36-15-21)31-29(9-10-35-31)42(40,41)39-17-24-12-23(14-33)7-8-28(24)38(18-25-16-34-20-37-25)19-26(39)13-22-5-3-2-4-6-22/h2-12,15-16,20,26,35H,13,17-19H2,1H3,(H,34,37)/t26-/m1/s1. The Morgan fingerprint density at radius 3 is 2.67 bits per heavy atom. The minimum Gasteiger partial charge on any atom is -0.364 e. The van der Waals surface area contributed by atoms with Crippen molar-refractivity contribution in [1.29, 1.82) is 5.26 Å². The molecular weight excluding hydrogens is 570 g/mol. The second kappa shape index (κ2) is 11.4. The fraction of sp³-hybridized carbons (Fsp3) is 0.194. The molecule has 0 fully saturated rings. The third kappa shape index (κ3) is 5.42. The molecule has 0 saturated carbocycles. The van der Waals surface area contributed by atoms with Gasteiger partial charge in [-0.05, 0) is 60.4 Å². The minimum atomic E-state index is -4.09. The summed E-state index contributed by atoms with van der Waals surface area (Å²) >= 11 is 6.54. The molecule has 1 aliphatic rings. The second-order valence-corrected chi connectivity index (χ2v) is 12.6. The third-order valence-corrected chi connectivity index (χ3v) is 9.68. The zero-order valence-corrected chi connectivity index (χ0v) is 24.4. The molecule has 1 atom stereocenters. The van der Waals surface area contributed by atoms with Crippen LogP contribution in [0.5, 0.6) is 0 Å². The van der Waals surface area contributed by atoms with Gasteiger partial charge in [0.25, 0.3) is 0 Å². The van der Waals surface area contributed by atoms with Crippen LogP contribution in [0.4, 0.5) is 5.69 Å². The highest BCUT2D eigenvalue weighted by Crippen LogP contribution is 2.37. The van der Waals surface area contributed by atoms with E-state index in [1.54, 1.807) is 53.5 Å². The van der Waals surface area contributed by atoms with Gasteiger partial charge >= 0.3 is 0 Å². The number of nitriles is 1. The van der Waals surface area contributed by atoms with E-state index in [1.807, 2.05) is 43.3 Å². The molecule has 11 heteroatoms. The summed E-state index contributed by atoms with van der Waals surface area (Å²) in [6, 6.07) is 20.4. The number of nitrogens with one attached hydrogen (secondary N) is 2. The minimum absolute atomic E-state index is 0.0871. The molecule has 9 nitrogen and oxygen atoms in total. The molecule has 0 saturated heterocycles. The summed E-state index contributed by atoms with van der Waals surface area (Å²) < 4.78 is 31.0. The van der Waals surface area contributed by atoms with E-state index >= 15 is 0 Å². The van der Waals surface area contributed by atoms with Crippen LogP contribution in [0, 0.1) is 18.3 Å². The van der Waals surface area contributed by atoms with Gasteiger partial charge in [0, 0.05) is 43.4 Å². The molecule has 0 aliphatic carbocycles. The smallest absolute Gasteiger partial charge is 0.245 e. The molecule has 4 heterocycles. The number of halogens is 1. The Bertz CT molecular complexity index is 1860. The summed E-state index contributed by atoms with van der Waals surface area (Å²) in [4.78, 5) is 17.1. The fourth-order valence-corrected chi connectivity index (χ4v) is 7.55. The van der Waals surface area contributed by atoms with E-state index in [0.717, 1.165) is 28.1 Å². The maximum atomic E-state index is 14.7. The van der Waals surface area contributed by atoms with Gasteiger partial charge in [-0.1, -0.05) is 41.9 Å². The number of anilines is 1. The SMILES string of the molecule is Cc1cnc(-c2[nH]ccc2S(=O)(=O)N2Cc3cc(C#N)ccc3N(Cc3cnc[nH]3)C[C@H]2Cc2ccccc2)c(Cl)c1. The highest BCUT2D eigenvalue weighted by Gasteiger charge is 2.38. The number of sulfonamides is 1. The summed E-state index contributed by atoms with van der Waals surface area (Å²) in [6.45, 7) is 2.87. The average Bonchev–Trinajstić information content (AvgIpc) is 3.66. The molecule has 3 aromatic heterocycles. The maximum Gasteiger partial charge on any atom is 0.245 e. The molecule has 212 valence electrons. The Kier molecular flexibility index (Phi) is 7.56. The summed E-state index contributed by atoms with van der Waals surface area (Å²) in [7, 11) is -4.09. The lowest BCUT2D eigenvalue weighted by molar-refractivity contribution is 0.318. The van der Waals surface area contributed by atoms with Gasteiger partial charge in [-0.15, -0.1) is 0 Å². The molecule has 0 amide bonds. The zero-order chi connectivity index (χ0) is 29.3. The molecule has 6 rings (SSSR count). The number of fused-ring (bicyclic) bond motifs is 1. The van der Waals surface area contributed by atoms with Gasteiger partial charge in [-0.2, -0.15) is 9.57 Å². The van der Waals surface area contributed by atoms with Crippen LogP contribution >= 0.6 is 11.6 Å². The van der Waals surface area contributed by atoms with Gasteiger partial charge in [0.2, 0.25) is 10.0 Å². The number of pyridine rings is 1. The van der Waals surface area contributed by atoms with Crippen LogP contribution < -0.4 is 4.90 Å². The number of H-pyrrole nitrogens is 2. The van der Waals surface area contributed by atoms with Gasteiger partial charge in [0.05, 0.1) is 40.9 Å². The Balaban J connectivity index is 1.49. The van der Waals surface area contributed by atoms with Crippen molar-refractivity contribution in [3.63, 3.8) is 0 Å².